The molecule has 0 aliphatic heterocycles. The Morgan fingerprint density at radius 3 is 2.43 bits per heavy atom. The highest BCUT2D eigenvalue weighted by Crippen LogP contribution is 2.28. The quantitative estimate of drug-likeness (QED) is 0.879. The van der Waals surface area contributed by atoms with E-state index in [2.05, 4.69) is 0 Å². The van der Waals surface area contributed by atoms with E-state index in [1.54, 1.807) is 20.0 Å². The minimum absolute atomic E-state index is 0.183. The lowest BCUT2D eigenvalue weighted by Crippen LogP contribution is -2.27. The molecule has 2 aromatic rings. The summed E-state index contributed by atoms with van der Waals surface area (Å²) in [6.45, 7) is 2.00. The van der Waals surface area contributed by atoms with Crippen molar-refractivity contribution in [2.45, 2.75) is 18.4 Å². The van der Waals surface area contributed by atoms with Gasteiger partial charge in [0.1, 0.15) is 0 Å². The molecule has 0 bridgehead atoms. The summed E-state index contributed by atoms with van der Waals surface area (Å²) in [7, 11) is -2.06. The van der Waals surface area contributed by atoms with E-state index in [0.717, 1.165) is 5.56 Å². The molecular formula is C15H17ClN2O2S. The van der Waals surface area contributed by atoms with Gasteiger partial charge in [-0.15, -0.1) is 0 Å². The van der Waals surface area contributed by atoms with Crippen LogP contribution in [0.3, 0.4) is 0 Å². The number of hydrogen-bond donors (Lipinski definition) is 1. The van der Waals surface area contributed by atoms with Crippen LogP contribution in [0.5, 0.6) is 0 Å². The van der Waals surface area contributed by atoms with Gasteiger partial charge in [-0.1, -0.05) is 41.9 Å². The first-order valence-electron chi connectivity index (χ1n) is 6.38. The van der Waals surface area contributed by atoms with E-state index in [0.29, 0.717) is 17.1 Å². The lowest BCUT2D eigenvalue weighted by Gasteiger charge is -2.19. The van der Waals surface area contributed by atoms with Crippen LogP contribution < -0.4 is 5.73 Å². The molecule has 0 amide bonds. The zero-order chi connectivity index (χ0) is 15.6. The minimum Gasteiger partial charge on any atom is -0.397 e. The molecule has 2 rings (SSSR count). The zero-order valence-electron chi connectivity index (χ0n) is 11.9. The van der Waals surface area contributed by atoms with Crippen molar-refractivity contribution in [3.05, 3.63) is 58.6 Å². The molecule has 0 saturated heterocycles. The maximum Gasteiger partial charge on any atom is 0.243 e. The van der Waals surface area contributed by atoms with E-state index in [4.69, 9.17) is 17.3 Å². The fourth-order valence-corrected chi connectivity index (χ4v) is 3.65. The minimum atomic E-state index is -3.61. The first-order valence-corrected chi connectivity index (χ1v) is 8.20. The highest BCUT2D eigenvalue weighted by atomic mass is 35.5. The predicted octanol–water partition coefficient (Wildman–Crippen LogP) is 3.05. The molecule has 2 N–H and O–H groups in total. The molecular weight excluding hydrogens is 308 g/mol. The molecule has 112 valence electrons. The largest absolute Gasteiger partial charge is 0.397 e. The highest BCUT2D eigenvalue weighted by molar-refractivity contribution is 7.89. The second-order valence-corrected chi connectivity index (χ2v) is 7.31. The molecule has 0 atom stereocenters. The number of halogens is 1. The second kappa shape index (κ2) is 6.05. The number of rotatable bonds is 4. The molecule has 0 radical (unpaired) electrons. The Hall–Kier alpha value is -1.56. The van der Waals surface area contributed by atoms with E-state index < -0.39 is 10.0 Å². The topological polar surface area (TPSA) is 63.4 Å². The van der Waals surface area contributed by atoms with Gasteiger partial charge >= 0.3 is 0 Å². The van der Waals surface area contributed by atoms with Gasteiger partial charge in [-0.2, -0.15) is 4.31 Å². The molecule has 0 aromatic heterocycles. The summed E-state index contributed by atoms with van der Waals surface area (Å²) in [5.41, 5.74) is 7.48. The third-order valence-electron chi connectivity index (χ3n) is 3.23. The number of benzene rings is 2. The Morgan fingerprint density at radius 2 is 1.81 bits per heavy atom. The van der Waals surface area contributed by atoms with Gasteiger partial charge in [-0.05, 0) is 30.2 Å². The Balaban J connectivity index is 2.36. The molecule has 0 aliphatic rings. The highest BCUT2D eigenvalue weighted by Gasteiger charge is 2.23. The number of hydrogen-bond acceptors (Lipinski definition) is 3. The van der Waals surface area contributed by atoms with Crippen LogP contribution in [0.4, 0.5) is 5.69 Å². The molecule has 2 aromatic carbocycles. The van der Waals surface area contributed by atoms with E-state index in [-0.39, 0.29) is 10.6 Å². The van der Waals surface area contributed by atoms with Crippen molar-refractivity contribution in [1.82, 2.24) is 4.31 Å². The van der Waals surface area contributed by atoms with Gasteiger partial charge in [0.25, 0.3) is 0 Å². The number of aryl methyl sites for hydroxylation is 1. The normalized spacial score (nSPS) is 11.8. The number of nitrogens with two attached hydrogens (primary N) is 1. The summed E-state index contributed by atoms with van der Waals surface area (Å²) in [6, 6.07) is 12.4. The summed E-state index contributed by atoms with van der Waals surface area (Å²) >= 11 is 5.91. The van der Waals surface area contributed by atoms with E-state index >= 15 is 0 Å². The van der Waals surface area contributed by atoms with Crippen molar-refractivity contribution < 1.29 is 8.42 Å². The van der Waals surface area contributed by atoms with Crippen molar-refractivity contribution in [2.75, 3.05) is 12.8 Å². The fraction of sp³-hybridized carbons (Fsp3) is 0.200. The first-order chi connectivity index (χ1) is 9.82. The van der Waals surface area contributed by atoms with E-state index in [1.807, 2.05) is 30.3 Å². The lowest BCUT2D eigenvalue weighted by atomic mass is 10.2. The smallest absolute Gasteiger partial charge is 0.243 e. The van der Waals surface area contributed by atoms with Gasteiger partial charge in [0, 0.05) is 13.6 Å². The molecule has 6 heteroatoms. The fourth-order valence-electron chi connectivity index (χ4n) is 2.04. The predicted molar refractivity (Wildman–Crippen MR) is 85.7 cm³/mol. The van der Waals surface area contributed by atoms with Gasteiger partial charge in [-0.25, -0.2) is 8.42 Å². The van der Waals surface area contributed by atoms with E-state index in [1.165, 1.54) is 10.4 Å². The number of sulfonamides is 1. The third kappa shape index (κ3) is 3.37. The summed E-state index contributed by atoms with van der Waals surface area (Å²) in [4.78, 5) is 0.183. The third-order valence-corrected chi connectivity index (χ3v) is 5.50. The number of nitrogens with zero attached hydrogens (tertiary/aromatic N) is 1. The maximum atomic E-state index is 12.6. The molecule has 0 aliphatic carbocycles. The van der Waals surface area contributed by atoms with Crippen LogP contribution in [0.15, 0.2) is 47.4 Å². The molecule has 0 heterocycles. The molecule has 0 unspecified atom stereocenters. The van der Waals surface area contributed by atoms with Gasteiger partial charge < -0.3 is 5.73 Å². The van der Waals surface area contributed by atoms with Crippen LogP contribution in [0, 0.1) is 6.92 Å². The molecule has 21 heavy (non-hydrogen) atoms. The summed E-state index contributed by atoms with van der Waals surface area (Å²) in [5.74, 6) is 0. The Kier molecular flexibility index (Phi) is 4.56. The summed E-state index contributed by atoms with van der Waals surface area (Å²) in [6.07, 6.45) is 0. The average Bonchev–Trinajstić information content (AvgIpc) is 2.43. The Labute approximate surface area is 130 Å². The molecule has 4 nitrogen and oxygen atoms in total. The van der Waals surface area contributed by atoms with Gasteiger partial charge in [0.15, 0.2) is 0 Å². The SMILES string of the molecule is Cc1cc(Cl)c(N)cc1S(=O)(=O)N(C)Cc1ccccc1. The van der Waals surface area contributed by atoms with E-state index in [9.17, 15) is 8.42 Å². The Bertz CT molecular complexity index is 746. The van der Waals surface area contributed by atoms with Crippen molar-refractivity contribution in [3.63, 3.8) is 0 Å². The molecule has 0 fully saturated rings. The molecule has 0 spiro atoms. The number of anilines is 1. The Morgan fingerprint density at radius 1 is 1.19 bits per heavy atom. The van der Waals surface area contributed by atoms with Crippen LogP contribution >= 0.6 is 11.6 Å². The van der Waals surface area contributed by atoms with Crippen LogP contribution in [0.25, 0.3) is 0 Å². The maximum absolute atomic E-state index is 12.6. The van der Waals surface area contributed by atoms with Crippen molar-refractivity contribution >= 4 is 27.3 Å². The average molecular weight is 325 g/mol. The zero-order valence-corrected chi connectivity index (χ0v) is 13.4. The number of nitrogen functional groups attached to an aromatic ring is 1. The summed E-state index contributed by atoms with van der Waals surface area (Å²) < 4.78 is 26.6. The van der Waals surface area contributed by atoms with Crippen molar-refractivity contribution in [2.24, 2.45) is 0 Å². The monoisotopic (exact) mass is 324 g/mol. The lowest BCUT2D eigenvalue weighted by molar-refractivity contribution is 0.466. The van der Waals surface area contributed by atoms with Crippen LogP contribution in [0.1, 0.15) is 11.1 Å². The molecule has 0 saturated carbocycles. The van der Waals surface area contributed by atoms with Gasteiger partial charge in [0.05, 0.1) is 15.6 Å². The van der Waals surface area contributed by atoms with Crippen LogP contribution in [-0.2, 0) is 16.6 Å². The van der Waals surface area contributed by atoms with Crippen molar-refractivity contribution in [1.29, 1.82) is 0 Å². The van der Waals surface area contributed by atoms with Crippen molar-refractivity contribution in [3.8, 4) is 0 Å². The van der Waals surface area contributed by atoms with Gasteiger partial charge in [0.2, 0.25) is 10.0 Å². The first kappa shape index (κ1) is 15.8. The summed E-state index contributed by atoms with van der Waals surface area (Å²) in [5, 5.41) is 0.358. The second-order valence-electron chi connectivity index (χ2n) is 4.89. The van der Waals surface area contributed by atoms with Crippen LogP contribution in [0.2, 0.25) is 5.02 Å². The standard InChI is InChI=1S/C15H17ClN2O2S/c1-11-8-13(16)14(17)9-15(11)21(19,20)18(2)10-12-6-4-3-5-7-12/h3-9H,10,17H2,1-2H3. The van der Waals surface area contributed by atoms with Crippen LogP contribution in [-0.4, -0.2) is 19.8 Å². The van der Waals surface area contributed by atoms with Gasteiger partial charge in [-0.3, -0.25) is 0 Å².